The summed E-state index contributed by atoms with van der Waals surface area (Å²) in [5.41, 5.74) is 3.43. The number of aromatic amines is 1. The lowest BCUT2D eigenvalue weighted by Crippen LogP contribution is -2.23. The molecule has 1 aromatic carbocycles. The first-order valence-electron chi connectivity index (χ1n) is 9.13. The molecule has 8 nitrogen and oxygen atoms in total. The Morgan fingerprint density at radius 2 is 1.72 bits per heavy atom. The summed E-state index contributed by atoms with van der Waals surface area (Å²) in [4.78, 5) is 28.1. The number of carbonyl (C=O) groups excluding carboxylic acids is 2. The summed E-state index contributed by atoms with van der Waals surface area (Å²) in [5.74, 6) is -0.966. The first-order valence-corrected chi connectivity index (χ1v) is 10.6. The number of sulfonamides is 1. The Morgan fingerprint density at radius 1 is 1.10 bits per heavy atom. The molecule has 2 N–H and O–H groups in total. The summed E-state index contributed by atoms with van der Waals surface area (Å²) < 4.78 is 31.2. The van der Waals surface area contributed by atoms with E-state index in [2.05, 4.69) is 10.3 Å². The molecule has 158 valence electrons. The minimum Gasteiger partial charge on any atom is -0.462 e. The van der Waals surface area contributed by atoms with Crippen molar-refractivity contribution < 1.29 is 22.7 Å². The fourth-order valence-electron chi connectivity index (χ4n) is 2.99. The van der Waals surface area contributed by atoms with Gasteiger partial charge in [-0.1, -0.05) is 0 Å². The molecule has 2 rings (SSSR count). The van der Waals surface area contributed by atoms with Crippen molar-refractivity contribution in [1.29, 1.82) is 0 Å². The number of anilines is 1. The number of rotatable bonds is 6. The first kappa shape index (κ1) is 22.6. The largest absolute Gasteiger partial charge is 0.462 e. The molecule has 0 fully saturated rings. The Balaban J connectivity index is 2.45. The average Bonchev–Trinajstić information content (AvgIpc) is 2.93. The molecule has 0 spiro atoms. The van der Waals surface area contributed by atoms with Crippen molar-refractivity contribution in [3.63, 3.8) is 0 Å². The van der Waals surface area contributed by atoms with Crippen molar-refractivity contribution in [3.05, 3.63) is 45.8 Å². The Kier molecular flexibility index (Phi) is 6.54. The highest BCUT2D eigenvalue weighted by atomic mass is 32.2. The van der Waals surface area contributed by atoms with Crippen molar-refractivity contribution in [3.8, 4) is 0 Å². The number of aryl methyl sites for hydroxylation is 2. The monoisotopic (exact) mass is 421 g/mol. The lowest BCUT2D eigenvalue weighted by molar-refractivity contribution is 0.0525. The van der Waals surface area contributed by atoms with Crippen molar-refractivity contribution in [2.24, 2.45) is 0 Å². The second-order valence-corrected chi connectivity index (χ2v) is 9.15. The molecule has 1 amide bonds. The van der Waals surface area contributed by atoms with Crippen LogP contribution in [-0.4, -0.2) is 50.3 Å². The smallest absolute Gasteiger partial charge is 0.340 e. The Labute approximate surface area is 171 Å². The van der Waals surface area contributed by atoms with E-state index >= 15 is 0 Å². The summed E-state index contributed by atoms with van der Waals surface area (Å²) in [7, 11) is -0.756. The predicted molar refractivity (Wildman–Crippen MR) is 111 cm³/mol. The molecular weight excluding hydrogens is 394 g/mol. The fraction of sp³-hybridized carbons (Fsp3) is 0.400. The molecule has 0 saturated carbocycles. The van der Waals surface area contributed by atoms with Crippen LogP contribution < -0.4 is 5.32 Å². The van der Waals surface area contributed by atoms with Gasteiger partial charge in [0, 0.05) is 25.5 Å². The number of amides is 1. The van der Waals surface area contributed by atoms with Crippen molar-refractivity contribution >= 4 is 27.6 Å². The van der Waals surface area contributed by atoms with E-state index in [0.29, 0.717) is 22.5 Å². The number of nitrogens with one attached hydrogen (secondary N) is 2. The van der Waals surface area contributed by atoms with Gasteiger partial charge in [0.15, 0.2) is 0 Å². The van der Waals surface area contributed by atoms with Crippen LogP contribution in [0.1, 0.15) is 50.2 Å². The third-order valence-electron chi connectivity index (χ3n) is 4.81. The maximum absolute atomic E-state index is 12.9. The Bertz CT molecular complexity index is 1070. The molecule has 2 aromatic rings. The summed E-state index contributed by atoms with van der Waals surface area (Å²) in [6.07, 6.45) is 0. The van der Waals surface area contributed by atoms with Crippen LogP contribution in [0.15, 0.2) is 17.0 Å². The number of hydrogen-bond donors (Lipinski definition) is 2. The molecule has 0 atom stereocenters. The van der Waals surface area contributed by atoms with Crippen LogP contribution in [0.25, 0.3) is 0 Å². The van der Waals surface area contributed by atoms with E-state index in [4.69, 9.17) is 4.74 Å². The summed E-state index contributed by atoms with van der Waals surface area (Å²) in [6, 6.07) is 3.01. The summed E-state index contributed by atoms with van der Waals surface area (Å²) in [5, 5.41) is 2.77. The quantitative estimate of drug-likeness (QED) is 0.697. The number of aromatic nitrogens is 1. The van der Waals surface area contributed by atoms with Crippen LogP contribution in [0.5, 0.6) is 0 Å². The SMILES string of the molecule is CCOC(=O)c1c(C)[nH]c(C(=O)Nc2cc(S(=O)(=O)N(C)C)cc(C)c2C)c1C. The number of benzene rings is 1. The molecule has 1 aromatic heterocycles. The molecule has 0 aliphatic rings. The van der Waals surface area contributed by atoms with Gasteiger partial charge in [0.05, 0.1) is 17.1 Å². The topological polar surface area (TPSA) is 109 Å². The van der Waals surface area contributed by atoms with Gasteiger partial charge >= 0.3 is 5.97 Å². The lowest BCUT2D eigenvalue weighted by atomic mass is 10.1. The average molecular weight is 422 g/mol. The predicted octanol–water partition coefficient (Wildman–Crippen LogP) is 2.93. The van der Waals surface area contributed by atoms with E-state index in [1.54, 1.807) is 40.7 Å². The molecule has 0 bridgehead atoms. The van der Waals surface area contributed by atoms with Gasteiger partial charge in [-0.05, 0) is 63.4 Å². The molecule has 0 unspecified atom stereocenters. The van der Waals surface area contributed by atoms with Gasteiger partial charge in [-0.3, -0.25) is 4.79 Å². The van der Waals surface area contributed by atoms with Gasteiger partial charge in [0.25, 0.3) is 5.91 Å². The molecule has 0 saturated heterocycles. The second kappa shape index (κ2) is 8.38. The van der Waals surface area contributed by atoms with E-state index < -0.39 is 21.9 Å². The molecule has 0 aliphatic heterocycles. The normalized spacial score (nSPS) is 11.6. The maximum atomic E-state index is 12.9. The standard InChI is InChI=1S/C20H27N3O5S/c1-8-28-20(25)17-13(4)18(21-14(17)5)19(24)22-16-10-15(9-11(2)12(16)3)29(26,27)23(6)7/h9-10,21H,8H2,1-7H3,(H,22,24). The van der Waals surface area contributed by atoms with Crippen LogP contribution in [0.2, 0.25) is 0 Å². The number of carbonyl (C=O) groups is 2. The number of ether oxygens (including phenoxy) is 1. The molecule has 29 heavy (non-hydrogen) atoms. The molecule has 0 radical (unpaired) electrons. The van der Waals surface area contributed by atoms with E-state index in [0.717, 1.165) is 15.4 Å². The highest BCUT2D eigenvalue weighted by Gasteiger charge is 2.24. The zero-order valence-electron chi connectivity index (χ0n) is 17.8. The highest BCUT2D eigenvalue weighted by molar-refractivity contribution is 7.89. The Morgan fingerprint density at radius 3 is 2.28 bits per heavy atom. The fourth-order valence-corrected chi connectivity index (χ4v) is 4.00. The van der Waals surface area contributed by atoms with E-state index in [-0.39, 0.29) is 17.2 Å². The van der Waals surface area contributed by atoms with Gasteiger partial charge in [-0.15, -0.1) is 0 Å². The number of nitrogens with zero attached hydrogens (tertiary/aromatic N) is 1. The third kappa shape index (κ3) is 4.35. The number of esters is 1. The Hall–Kier alpha value is -2.65. The molecule has 0 aliphatic carbocycles. The van der Waals surface area contributed by atoms with Crippen molar-refractivity contribution in [1.82, 2.24) is 9.29 Å². The molecule has 1 heterocycles. The highest BCUT2D eigenvalue weighted by Crippen LogP contribution is 2.27. The van der Waals surface area contributed by atoms with Crippen LogP contribution in [0.3, 0.4) is 0 Å². The number of H-pyrrole nitrogens is 1. The second-order valence-electron chi connectivity index (χ2n) is 7.00. The molecular formula is C20H27N3O5S. The van der Waals surface area contributed by atoms with Crippen molar-refractivity contribution in [2.75, 3.05) is 26.0 Å². The zero-order valence-corrected chi connectivity index (χ0v) is 18.6. The minimum atomic E-state index is -3.65. The minimum absolute atomic E-state index is 0.0903. The van der Waals surface area contributed by atoms with Crippen molar-refractivity contribution in [2.45, 2.75) is 39.5 Å². The van der Waals surface area contributed by atoms with E-state index in [1.807, 2.05) is 0 Å². The number of hydrogen-bond acceptors (Lipinski definition) is 5. The van der Waals surface area contributed by atoms with Gasteiger partial charge in [-0.25, -0.2) is 17.5 Å². The lowest BCUT2D eigenvalue weighted by Gasteiger charge is -2.16. The van der Waals surface area contributed by atoms with Gasteiger partial charge in [-0.2, -0.15) is 0 Å². The van der Waals surface area contributed by atoms with Crippen LogP contribution in [-0.2, 0) is 14.8 Å². The summed E-state index contributed by atoms with van der Waals surface area (Å²) in [6.45, 7) is 8.88. The van der Waals surface area contributed by atoms with Crippen LogP contribution >= 0.6 is 0 Å². The van der Waals surface area contributed by atoms with E-state index in [1.165, 1.54) is 20.2 Å². The summed E-state index contributed by atoms with van der Waals surface area (Å²) >= 11 is 0. The zero-order chi connectivity index (χ0) is 22.1. The van der Waals surface area contributed by atoms with Gasteiger partial charge < -0.3 is 15.0 Å². The van der Waals surface area contributed by atoms with Gasteiger partial charge in [0.2, 0.25) is 10.0 Å². The van der Waals surface area contributed by atoms with E-state index in [9.17, 15) is 18.0 Å². The maximum Gasteiger partial charge on any atom is 0.340 e. The first-order chi connectivity index (χ1) is 13.4. The van der Waals surface area contributed by atoms with Gasteiger partial charge in [0.1, 0.15) is 5.69 Å². The van der Waals surface area contributed by atoms with Crippen LogP contribution in [0.4, 0.5) is 5.69 Å². The molecule has 9 heteroatoms. The van der Waals surface area contributed by atoms with Crippen LogP contribution in [0, 0.1) is 27.7 Å². The third-order valence-corrected chi connectivity index (χ3v) is 6.60.